The predicted octanol–water partition coefficient (Wildman–Crippen LogP) is 3.05. The van der Waals surface area contributed by atoms with Gasteiger partial charge in [-0.25, -0.2) is 0 Å². The molecule has 4 nitrogen and oxygen atoms in total. The van der Waals surface area contributed by atoms with E-state index in [-0.39, 0.29) is 5.84 Å². The Labute approximate surface area is 122 Å². The maximum Gasteiger partial charge on any atom is 0.170 e. The second kappa shape index (κ2) is 6.60. The third-order valence-corrected chi connectivity index (χ3v) is 2.87. The van der Waals surface area contributed by atoms with Crippen LogP contribution in [0, 0.1) is 11.3 Å². The van der Waals surface area contributed by atoms with Crippen LogP contribution in [0.2, 0.25) is 5.02 Å². The minimum Gasteiger partial charge on any atom is -0.389 e. The highest BCUT2D eigenvalue weighted by Crippen LogP contribution is 2.10. The summed E-state index contributed by atoms with van der Waals surface area (Å²) in [4.78, 5) is 5.19. The lowest BCUT2D eigenvalue weighted by molar-refractivity contribution is 0.130. The highest BCUT2D eigenvalue weighted by Gasteiger charge is 1.99. The standard InChI is InChI=1S/C15H12ClN3O/c16-14-7-5-13(6-8-14)15(18)19-20-10-12-3-1-11(9-17)2-4-12/h1-8H,10H2,(H2,18,19). The van der Waals surface area contributed by atoms with Gasteiger partial charge >= 0.3 is 0 Å². The van der Waals surface area contributed by atoms with Gasteiger partial charge in [-0.15, -0.1) is 0 Å². The third-order valence-electron chi connectivity index (χ3n) is 2.62. The third kappa shape index (κ3) is 3.74. The van der Waals surface area contributed by atoms with Crippen molar-refractivity contribution in [2.75, 3.05) is 0 Å². The molecule has 0 atom stereocenters. The van der Waals surface area contributed by atoms with Crippen molar-refractivity contribution in [3.8, 4) is 6.07 Å². The first-order chi connectivity index (χ1) is 9.69. The van der Waals surface area contributed by atoms with E-state index in [1.807, 2.05) is 12.1 Å². The van der Waals surface area contributed by atoms with Crippen LogP contribution in [0.25, 0.3) is 0 Å². The van der Waals surface area contributed by atoms with Gasteiger partial charge < -0.3 is 10.6 Å². The average Bonchev–Trinajstić information content (AvgIpc) is 2.48. The molecule has 0 aliphatic rings. The molecule has 0 saturated carbocycles. The van der Waals surface area contributed by atoms with E-state index in [4.69, 9.17) is 27.4 Å². The van der Waals surface area contributed by atoms with Gasteiger partial charge in [-0.2, -0.15) is 5.26 Å². The minimum atomic E-state index is 0.287. The number of nitrogens with zero attached hydrogens (tertiary/aromatic N) is 2. The summed E-state index contributed by atoms with van der Waals surface area (Å²) in [6, 6.07) is 16.1. The lowest BCUT2D eigenvalue weighted by atomic mass is 10.2. The quantitative estimate of drug-likeness (QED) is 0.533. The Bertz CT molecular complexity index is 642. The molecule has 0 spiro atoms. The summed E-state index contributed by atoms with van der Waals surface area (Å²) in [6.07, 6.45) is 0. The normalized spacial score (nSPS) is 10.9. The van der Waals surface area contributed by atoms with E-state index >= 15 is 0 Å². The Morgan fingerprint density at radius 1 is 1.15 bits per heavy atom. The number of hydrogen-bond donors (Lipinski definition) is 1. The zero-order chi connectivity index (χ0) is 14.4. The maximum absolute atomic E-state index is 8.69. The van der Waals surface area contributed by atoms with Gasteiger partial charge in [0, 0.05) is 10.6 Å². The number of nitrogens with two attached hydrogens (primary N) is 1. The van der Waals surface area contributed by atoms with E-state index in [1.165, 1.54) is 0 Å². The van der Waals surface area contributed by atoms with E-state index in [0.717, 1.165) is 11.1 Å². The predicted molar refractivity (Wildman–Crippen MR) is 78.1 cm³/mol. The first-order valence-electron chi connectivity index (χ1n) is 5.89. The Balaban J connectivity index is 1.95. The number of benzene rings is 2. The fourth-order valence-corrected chi connectivity index (χ4v) is 1.65. The van der Waals surface area contributed by atoms with E-state index < -0.39 is 0 Å². The second-order valence-electron chi connectivity index (χ2n) is 4.07. The number of oxime groups is 1. The summed E-state index contributed by atoms with van der Waals surface area (Å²) in [5, 5.41) is 13.2. The summed E-state index contributed by atoms with van der Waals surface area (Å²) in [5.41, 5.74) is 8.06. The van der Waals surface area contributed by atoms with Crippen LogP contribution in [0.15, 0.2) is 53.7 Å². The van der Waals surface area contributed by atoms with Crippen molar-refractivity contribution < 1.29 is 4.84 Å². The molecule has 0 fully saturated rings. The molecule has 0 radical (unpaired) electrons. The summed E-state index contributed by atoms with van der Waals surface area (Å²) in [5.74, 6) is 0.287. The van der Waals surface area contributed by atoms with E-state index in [1.54, 1.807) is 36.4 Å². The van der Waals surface area contributed by atoms with Gasteiger partial charge in [-0.1, -0.05) is 28.9 Å². The van der Waals surface area contributed by atoms with Crippen LogP contribution in [0.1, 0.15) is 16.7 Å². The molecular weight excluding hydrogens is 274 g/mol. The number of halogens is 1. The van der Waals surface area contributed by atoms with Crippen molar-refractivity contribution in [1.82, 2.24) is 0 Å². The van der Waals surface area contributed by atoms with Gasteiger partial charge in [0.1, 0.15) is 6.61 Å². The molecule has 0 amide bonds. The lowest BCUT2D eigenvalue weighted by Gasteiger charge is -2.03. The largest absolute Gasteiger partial charge is 0.389 e. The molecule has 0 aliphatic carbocycles. The van der Waals surface area contributed by atoms with Gasteiger partial charge in [-0.05, 0) is 42.0 Å². The Hall–Kier alpha value is -2.51. The highest BCUT2D eigenvalue weighted by atomic mass is 35.5. The Kier molecular flexibility index (Phi) is 4.59. The lowest BCUT2D eigenvalue weighted by Crippen LogP contribution is -2.13. The zero-order valence-corrected chi connectivity index (χ0v) is 11.3. The van der Waals surface area contributed by atoms with Crippen molar-refractivity contribution in [1.29, 1.82) is 5.26 Å². The van der Waals surface area contributed by atoms with Gasteiger partial charge in [-0.3, -0.25) is 0 Å². The summed E-state index contributed by atoms with van der Waals surface area (Å²) < 4.78 is 0. The highest BCUT2D eigenvalue weighted by molar-refractivity contribution is 6.30. The van der Waals surface area contributed by atoms with Crippen LogP contribution in [0.4, 0.5) is 0 Å². The van der Waals surface area contributed by atoms with Gasteiger partial charge in [0.25, 0.3) is 0 Å². The fraction of sp³-hybridized carbons (Fsp3) is 0.0667. The van der Waals surface area contributed by atoms with Gasteiger partial charge in [0.15, 0.2) is 5.84 Å². The molecule has 0 aromatic heterocycles. The van der Waals surface area contributed by atoms with Gasteiger partial charge in [0.2, 0.25) is 0 Å². The second-order valence-corrected chi connectivity index (χ2v) is 4.50. The molecule has 2 aromatic carbocycles. The van der Waals surface area contributed by atoms with Crippen LogP contribution in [0.5, 0.6) is 0 Å². The number of nitriles is 1. The molecule has 2 rings (SSSR count). The van der Waals surface area contributed by atoms with Gasteiger partial charge in [0.05, 0.1) is 11.6 Å². The Morgan fingerprint density at radius 2 is 1.80 bits per heavy atom. The average molecular weight is 286 g/mol. The topological polar surface area (TPSA) is 71.4 Å². The minimum absolute atomic E-state index is 0.287. The van der Waals surface area contributed by atoms with E-state index in [9.17, 15) is 0 Å². The van der Waals surface area contributed by atoms with Crippen LogP contribution < -0.4 is 5.73 Å². The molecule has 20 heavy (non-hydrogen) atoms. The maximum atomic E-state index is 8.69. The molecular formula is C15H12ClN3O. The van der Waals surface area contributed by atoms with Crippen LogP contribution in [0.3, 0.4) is 0 Å². The first-order valence-corrected chi connectivity index (χ1v) is 6.27. The molecule has 100 valence electrons. The van der Waals surface area contributed by atoms with Crippen molar-refractivity contribution >= 4 is 17.4 Å². The number of rotatable bonds is 4. The van der Waals surface area contributed by atoms with Crippen molar-refractivity contribution in [3.05, 3.63) is 70.2 Å². The monoisotopic (exact) mass is 285 g/mol. The van der Waals surface area contributed by atoms with Crippen LogP contribution in [-0.4, -0.2) is 5.84 Å². The van der Waals surface area contributed by atoms with Crippen LogP contribution in [-0.2, 0) is 11.4 Å². The summed E-state index contributed by atoms with van der Waals surface area (Å²) >= 11 is 5.79. The first kappa shape index (κ1) is 13.9. The molecule has 0 heterocycles. The van der Waals surface area contributed by atoms with Crippen LogP contribution >= 0.6 is 11.6 Å². The van der Waals surface area contributed by atoms with E-state index in [2.05, 4.69) is 11.2 Å². The summed E-state index contributed by atoms with van der Waals surface area (Å²) in [7, 11) is 0. The van der Waals surface area contributed by atoms with Crippen molar-refractivity contribution in [2.24, 2.45) is 10.9 Å². The molecule has 0 aliphatic heterocycles. The smallest absolute Gasteiger partial charge is 0.170 e. The molecule has 2 aromatic rings. The molecule has 0 bridgehead atoms. The Morgan fingerprint density at radius 3 is 2.40 bits per heavy atom. The molecule has 0 unspecified atom stereocenters. The number of amidine groups is 1. The SMILES string of the molecule is N#Cc1ccc(CON=C(N)c2ccc(Cl)cc2)cc1. The molecule has 5 heteroatoms. The zero-order valence-electron chi connectivity index (χ0n) is 10.6. The molecule has 0 saturated heterocycles. The van der Waals surface area contributed by atoms with E-state index in [0.29, 0.717) is 17.2 Å². The van der Waals surface area contributed by atoms with Crippen molar-refractivity contribution in [3.63, 3.8) is 0 Å². The number of hydrogen-bond acceptors (Lipinski definition) is 3. The fourth-order valence-electron chi connectivity index (χ4n) is 1.53. The molecule has 2 N–H and O–H groups in total. The summed E-state index contributed by atoms with van der Waals surface area (Å²) in [6.45, 7) is 0.292. The van der Waals surface area contributed by atoms with Crippen molar-refractivity contribution in [2.45, 2.75) is 6.61 Å².